The maximum absolute atomic E-state index is 12.7. The lowest BCUT2D eigenvalue weighted by atomic mass is 10.1. The average molecular weight is 477 g/mol. The van der Waals surface area contributed by atoms with Crippen molar-refractivity contribution in [3.8, 4) is 11.3 Å². The van der Waals surface area contributed by atoms with E-state index in [9.17, 15) is 9.59 Å². The molecule has 1 atom stereocenters. The number of nitrogens with zero attached hydrogens (tertiary/aromatic N) is 3. The van der Waals surface area contributed by atoms with E-state index in [2.05, 4.69) is 42.7 Å². The van der Waals surface area contributed by atoms with Gasteiger partial charge in [-0.3, -0.25) is 19.6 Å². The lowest BCUT2D eigenvalue weighted by Crippen LogP contribution is -2.28. The maximum atomic E-state index is 12.7. The number of imidazole rings is 1. The lowest BCUT2D eigenvalue weighted by Gasteiger charge is -2.16. The Bertz CT molecular complexity index is 1270. The topological polar surface area (TPSA) is 113 Å². The first kappa shape index (κ1) is 23.6. The van der Waals surface area contributed by atoms with Crippen molar-refractivity contribution in [2.75, 3.05) is 7.05 Å². The van der Waals surface area contributed by atoms with Gasteiger partial charge < -0.3 is 15.6 Å². The zero-order valence-corrected chi connectivity index (χ0v) is 20.1. The van der Waals surface area contributed by atoms with Gasteiger partial charge in [0.1, 0.15) is 10.7 Å². The highest BCUT2D eigenvalue weighted by Gasteiger charge is 2.20. The Morgan fingerprint density at radius 1 is 1.12 bits per heavy atom. The summed E-state index contributed by atoms with van der Waals surface area (Å²) in [6.45, 7) is 1.98. The van der Waals surface area contributed by atoms with Crippen molar-refractivity contribution in [2.45, 2.75) is 45.1 Å². The molecule has 9 heteroatoms. The average Bonchev–Trinajstić information content (AvgIpc) is 3.55. The number of pyridine rings is 1. The van der Waals surface area contributed by atoms with E-state index in [1.54, 1.807) is 25.0 Å². The highest BCUT2D eigenvalue weighted by Crippen LogP contribution is 2.26. The number of benzene rings is 1. The van der Waals surface area contributed by atoms with E-state index in [-0.39, 0.29) is 17.9 Å². The number of aryl methyl sites for hydroxylation is 1. The normalized spacial score (nSPS) is 11.9. The molecule has 3 N–H and O–H groups in total. The van der Waals surface area contributed by atoms with E-state index in [0.717, 1.165) is 47.1 Å². The van der Waals surface area contributed by atoms with E-state index in [0.29, 0.717) is 23.5 Å². The highest BCUT2D eigenvalue weighted by atomic mass is 32.1. The minimum absolute atomic E-state index is 0.0477. The summed E-state index contributed by atoms with van der Waals surface area (Å²) in [5.74, 6) is 0.593. The number of unbranched alkanes of at least 4 members (excludes halogenated alkanes) is 2. The van der Waals surface area contributed by atoms with Gasteiger partial charge in [0.15, 0.2) is 0 Å². The zero-order valence-electron chi connectivity index (χ0n) is 19.3. The van der Waals surface area contributed by atoms with Gasteiger partial charge in [-0.05, 0) is 38.0 Å². The van der Waals surface area contributed by atoms with Crippen LogP contribution in [0.3, 0.4) is 0 Å². The van der Waals surface area contributed by atoms with E-state index in [1.165, 1.54) is 11.3 Å². The van der Waals surface area contributed by atoms with E-state index >= 15 is 0 Å². The van der Waals surface area contributed by atoms with Gasteiger partial charge in [-0.25, -0.2) is 4.98 Å². The molecule has 0 radical (unpaired) electrons. The molecule has 4 aromatic rings. The van der Waals surface area contributed by atoms with Gasteiger partial charge >= 0.3 is 0 Å². The largest absolute Gasteiger partial charge is 0.359 e. The zero-order chi connectivity index (χ0) is 23.9. The van der Waals surface area contributed by atoms with Crippen LogP contribution in [0.4, 0.5) is 0 Å². The number of fused-ring (bicyclic) bond motifs is 1. The van der Waals surface area contributed by atoms with Gasteiger partial charge in [0, 0.05) is 30.1 Å². The summed E-state index contributed by atoms with van der Waals surface area (Å²) in [6.07, 6.45) is 7.16. The molecule has 2 amide bonds. The molecule has 0 unspecified atom stereocenters. The summed E-state index contributed by atoms with van der Waals surface area (Å²) >= 11 is 1.31. The number of H-pyrrole nitrogens is 1. The standard InChI is InChI=1S/C25H28N6O2S/c1-16-8-9-17-12-18(10-11-19(17)29-16)21-13-28-24(30-21)20(6-4-3-5-7-23(32)26-2)31-25(33)22-14-27-15-34-22/h8-15,20H,3-7H2,1-2H3,(H,26,32)(H,28,30)(H,31,33)/t20-/m0/s1. The molecular weight excluding hydrogens is 448 g/mol. The second kappa shape index (κ2) is 11.0. The van der Waals surface area contributed by atoms with Gasteiger partial charge in [-0.2, -0.15) is 0 Å². The molecule has 176 valence electrons. The number of rotatable bonds is 10. The SMILES string of the molecule is CNC(=O)CCCCC[C@H](NC(=O)c1cncs1)c1ncc(-c2ccc3nc(C)ccc3c2)[nH]1. The molecule has 0 bridgehead atoms. The third-order valence-corrected chi connectivity index (χ3v) is 6.47. The fourth-order valence-electron chi connectivity index (χ4n) is 3.83. The van der Waals surface area contributed by atoms with Gasteiger partial charge in [0.25, 0.3) is 5.91 Å². The third-order valence-electron chi connectivity index (χ3n) is 5.70. The molecule has 0 spiro atoms. The van der Waals surface area contributed by atoms with E-state index < -0.39 is 0 Å². The second-order valence-electron chi connectivity index (χ2n) is 8.21. The summed E-state index contributed by atoms with van der Waals surface area (Å²) in [7, 11) is 1.65. The Labute approximate surface area is 202 Å². The summed E-state index contributed by atoms with van der Waals surface area (Å²) in [4.78, 5) is 41.3. The van der Waals surface area contributed by atoms with Crippen LogP contribution in [-0.4, -0.2) is 38.8 Å². The van der Waals surface area contributed by atoms with Crippen LogP contribution >= 0.6 is 11.3 Å². The van der Waals surface area contributed by atoms with Gasteiger partial charge in [-0.1, -0.05) is 25.0 Å². The number of thiazole rings is 1. The summed E-state index contributed by atoms with van der Waals surface area (Å²) in [5, 5.41) is 6.80. The Morgan fingerprint density at radius 2 is 2.00 bits per heavy atom. The molecule has 4 rings (SSSR count). The number of carbonyl (C=O) groups is 2. The monoisotopic (exact) mass is 476 g/mol. The van der Waals surface area contributed by atoms with Crippen molar-refractivity contribution in [3.63, 3.8) is 0 Å². The summed E-state index contributed by atoms with van der Waals surface area (Å²) in [6, 6.07) is 9.91. The van der Waals surface area contributed by atoms with Crippen LogP contribution in [0, 0.1) is 6.92 Å². The van der Waals surface area contributed by atoms with Crippen LogP contribution in [0.1, 0.15) is 59.3 Å². The van der Waals surface area contributed by atoms with Crippen molar-refractivity contribution in [1.29, 1.82) is 0 Å². The molecule has 0 aliphatic heterocycles. The van der Waals surface area contributed by atoms with Crippen molar-refractivity contribution >= 4 is 34.1 Å². The molecule has 8 nitrogen and oxygen atoms in total. The number of aromatic nitrogens is 4. The molecule has 0 aliphatic carbocycles. The summed E-state index contributed by atoms with van der Waals surface area (Å²) in [5.41, 5.74) is 5.47. The van der Waals surface area contributed by atoms with Crippen molar-refractivity contribution in [1.82, 2.24) is 30.6 Å². The maximum Gasteiger partial charge on any atom is 0.263 e. The van der Waals surface area contributed by atoms with Crippen molar-refractivity contribution in [2.24, 2.45) is 0 Å². The Kier molecular flexibility index (Phi) is 7.64. The fraction of sp³-hybridized carbons (Fsp3) is 0.320. The number of amides is 2. The number of hydrogen-bond donors (Lipinski definition) is 3. The van der Waals surface area contributed by atoms with Crippen LogP contribution in [-0.2, 0) is 4.79 Å². The second-order valence-corrected chi connectivity index (χ2v) is 9.09. The minimum Gasteiger partial charge on any atom is -0.359 e. The predicted octanol–water partition coefficient (Wildman–Crippen LogP) is 4.56. The van der Waals surface area contributed by atoms with Crippen LogP contribution in [0.15, 0.2) is 48.2 Å². The molecule has 1 aromatic carbocycles. The Morgan fingerprint density at radius 3 is 2.79 bits per heavy atom. The molecule has 0 saturated heterocycles. The van der Waals surface area contributed by atoms with Crippen LogP contribution in [0.25, 0.3) is 22.2 Å². The first-order valence-electron chi connectivity index (χ1n) is 11.4. The molecule has 34 heavy (non-hydrogen) atoms. The van der Waals surface area contributed by atoms with Crippen LogP contribution < -0.4 is 10.6 Å². The van der Waals surface area contributed by atoms with Gasteiger partial charge in [-0.15, -0.1) is 11.3 Å². The quantitative estimate of drug-likeness (QED) is 0.291. The minimum atomic E-state index is -0.270. The molecule has 3 aromatic heterocycles. The molecule has 0 saturated carbocycles. The molecule has 0 fully saturated rings. The van der Waals surface area contributed by atoms with Crippen molar-refractivity contribution in [3.05, 3.63) is 64.6 Å². The first-order valence-corrected chi connectivity index (χ1v) is 12.2. The first-order chi connectivity index (χ1) is 16.5. The Balaban J connectivity index is 1.49. The lowest BCUT2D eigenvalue weighted by molar-refractivity contribution is -0.120. The van der Waals surface area contributed by atoms with Crippen LogP contribution in [0.2, 0.25) is 0 Å². The third kappa shape index (κ3) is 5.85. The number of nitrogens with one attached hydrogen (secondary N) is 3. The van der Waals surface area contributed by atoms with Gasteiger partial charge in [0.2, 0.25) is 5.91 Å². The van der Waals surface area contributed by atoms with E-state index in [4.69, 9.17) is 0 Å². The Hall–Kier alpha value is -3.59. The summed E-state index contributed by atoms with van der Waals surface area (Å²) < 4.78 is 0. The van der Waals surface area contributed by atoms with Gasteiger partial charge in [0.05, 0.1) is 35.2 Å². The molecule has 0 aliphatic rings. The van der Waals surface area contributed by atoms with Crippen molar-refractivity contribution < 1.29 is 9.59 Å². The number of aromatic amines is 1. The number of hydrogen-bond acceptors (Lipinski definition) is 6. The van der Waals surface area contributed by atoms with E-state index in [1.807, 2.05) is 25.1 Å². The highest BCUT2D eigenvalue weighted by molar-refractivity contribution is 7.11. The molecular formula is C25H28N6O2S. The number of carbonyl (C=O) groups excluding carboxylic acids is 2. The van der Waals surface area contributed by atoms with Crippen LogP contribution in [0.5, 0.6) is 0 Å². The molecule has 3 heterocycles. The smallest absolute Gasteiger partial charge is 0.263 e. The predicted molar refractivity (Wildman–Crippen MR) is 134 cm³/mol. The fourth-order valence-corrected chi connectivity index (χ4v) is 4.35.